The molecule has 176 valence electrons. The number of amides is 3. The van der Waals surface area contributed by atoms with E-state index in [0.29, 0.717) is 22.1 Å². The highest BCUT2D eigenvalue weighted by Crippen LogP contribution is 2.33. The standard InChI is InChI=1S/C26H27N3O5/c1-17(2)15-21(24(27)30)26(32)29(33)23-14-13-20(34-19-11-7-4-8-12-19)16-22(23)28-25(31)18-9-5-3-6-10-18/h3-14,16-17,21,33H,15H2,1-2H3,(H2,27,30)(H,28,31). The van der Waals surface area contributed by atoms with E-state index in [4.69, 9.17) is 10.5 Å². The molecule has 34 heavy (non-hydrogen) atoms. The highest BCUT2D eigenvalue weighted by molar-refractivity contribution is 6.10. The topological polar surface area (TPSA) is 122 Å². The molecule has 0 heterocycles. The highest BCUT2D eigenvalue weighted by atomic mass is 16.5. The van der Waals surface area contributed by atoms with Gasteiger partial charge in [-0.2, -0.15) is 5.06 Å². The lowest BCUT2D eigenvalue weighted by Crippen LogP contribution is -2.41. The van der Waals surface area contributed by atoms with Crippen molar-refractivity contribution in [3.63, 3.8) is 0 Å². The van der Waals surface area contributed by atoms with Gasteiger partial charge in [-0.3, -0.25) is 19.6 Å². The van der Waals surface area contributed by atoms with Crippen LogP contribution < -0.4 is 20.9 Å². The van der Waals surface area contributed by atoms with Crippen molar-refractivity contribution in [2.75, 3.05) is 10.4 Å². The molecule has 8 heteroatoms. The van der Waals surface area contributed by atoms with Gasteiger partial charge < -0.3 is 15.8 Å². The number of carbonyl (C=O) groups is 3. The molecule has 0 aliphatic heterocycles. The molecule has 0 spiro atoms. The molecule has 0 saturated heterocycles. The lowest BCUT2D eigenvalue weighted by atomic mass is 9.95. The molecule has 1 atom stereocenters. The maximum Gasteiger partial charge on any atom is 0.263 e. The van der Waals surface area contributed by atoms with Crippen molar-refractivity contribution in [1.82, 2.24) is 0 Å². The molecule has 4 N–H and O–H groups in total. The molecule has 0 aliphatic carbocycles. The van der Waals surface area contributed by atoms with Crippen LogP contribution in [-0.4, -0.2) is 22.9 Å². The van der Waals surface area contributed by atoms with Crippen molar-refractivity contribution in [3.8, 4) is 11.5 Å². The van der Waals surface area contributed by atoms with Crippen molar-refractivity contribution in [3.05, 3.63) is 84.4 Å². The van der Waals surface area contributed by atoms with Crippen molar-refractivity contribution < 1.29 is 24.3 Å². The monoisotopic (exact) mass is 461 g/mol. The number of hydrogen-bond donors (Lipinski definition) is 3. The van der Waals surface area contributed by atoms with Gasteiger partial charge in [0.1, 0.15) is 17.4 Å². The summed E-state index contributed by atoms with van der Waals surface area (Å²) in [6.07, 6.45) is 0.173. The summed E-state index contributed by atoms with van der Waals surface area (Å²) in [5, 5.41) is 13.8. The molecule has 0 aliphatic rings. The third-order valence-electron chi connectivity index (χ3n) is 5.02. The molecule has 0 bridgehead atoms. The number of rotatable bonds is 9. The van der Waals surface area contributed by atoms with Gasteiger partial charge in [0.25, 0.3) is 11.8 Å². The summed E-state index contributed by atoms with van der Waals surface area (Å²) in [4.78, 5) is 37.6. The Morgan fingerprint density at radius 2 is 1.56 bits per heavy atom. The zero-order valence-corrected chi connectivity index (χ0v) is 19.0. The van der Waals surface area contributed by atoms with Crippen LogP contribution in [0.25, 0.3) is 0 Å². The van der Waals surface area contributed by atoms with E-state index in [9.17, 15) is 19.6 Å². The Morgan fingerprint density at radius 1 is 0.941 bits per heavy atom. The minimum atomic E-state index is -1.22. The first-order valence-electron chi connectivity index (χ1n) is 10.8. The SMILES string of the molecule is CC(C)CC(C(N)=O)C(=O)N(O)c1ccc(Oc2ccccc2)cc1NC(=O)c1ccccc1. The van der Waals surface area contributed by atoms with Gasteiger partial charge in [0.15, 0.2) is 0 Å². The fraction of sp³-hybridized carbons (Fsp3) is 0.192. The van der Waals surface area contributed by atoms with E-state index >= 15 is 0 Å². The van der Waals surface area contributed by atoms with Crippen LogP contribution in [0.4, 0.5) is 11.4 Å². The summed E-state index contributed by atoms with van der Waals surface area (Å²) in [7, 11) is 0. The molecule has 3 aromatic carbocycles. The summed E-state index contributed by atoms with van der Waals surface area (Å²) in [6.45, 7) is 3.68. The van der Waals surface area contributed by atoms with E-state index in [0.717, 1.165) is 0 Å². The number of nitrogens with zero attached hydrogens (tertiary/aromatic N) is 1. The normalized spacial score (nSPS) is 11.5. The molecule has 1 unspecified atom stereocenters. The second kappa shape index (κ2) is 11.1. The van der Waals surface area contributed by atoms with Gasteiger partial charge in [0.2, 0.25) is 5.91 Å². The molecule has 8 nitrogen and oxygen atoms in total. The summed E-state index contributed by atoms with van der Waals surface area (Å²) in [5.41, 5.74) is 5.90. The van der Waals surface area contributed by atoms with Gasteiger partial charge in [0, 0.05) is 11.6 Å². The van der Waals surface area contributed by atoms with Gasteiger partial charge in [-0.15, -0.1) is 0 Å². The second-order valence-electron chi connectivity index (χ2n) is 8.15. The smallest absolute Gasteiger partial charge is 0.263 e. The number of nitrogens with one attached hydrogen (secondary N) is 1. The molecule has 3 rings (SSSR count). The van der Waals surface area contributed by atoms with E-state index in [1.807, 2.05) is 32.0 Å². The quantitative estimate of drug-likeness (QED) is 0.244. The summed E-state index contributed by atoms with van der Waals surface area (Å²) in [5.74, 6) is -2.46. The Kier molecular flexibility index (Phi) is 8.00. The Labute approximate surface area is 197 Å². The van der Waals surface area contributed by atoms with Gasteiger partial charge in [-0.1, -0.05) is 50.2 Å². The molecule has 0 saturated carbocycles. The number of ether oxygens (including phenoxy) is 1. The number of nitrogens with two attached hydrogens (primary N) is 1. The molecule has 3 amide bonds. The third kappa shape index (κ3) is 6.20. The number of anilines is 2. The largest absolute Gasteiger partial charge is 0.457 e. The number of benzene rings is 3. The molecule has 0 radical (unpaired) electrons. The number of primary amides is 1. The fourth-order valence-electron chi connectivity index (χ4n) is 3.35. The number of hydroxylamine groups is 1. The summed E-state index contributed by atoms with van der Waals surface area (Å²) in [6, 6.07) is 21.9. The van der Waals surface area contributed by atoms with Crippen molar-refractivity contribution in [1.29, 1.82) is 0 Å². The van der Waals surface area contributed by atoms with Gasteiger partial charge in [-0.25, -0.2) is 0 Å². The fourth-order valence-corrected chi connectivity index (χ4v) is 3.35. The Hall–Kier alpha value is -4.17. The lowest BCUT2D eigenvalue weighted by molar-refractivity contribution is -0.135. The minimum Gasteiger partial charge on any atom is -0.457 e. The van der Waals surface area contributed by atoms with Crippen LogP contribution in [0.1, 0.15) is 30.6 Å². The maximum atomic E-state index is 12.9. The number of hydrogen-bond acceptors (Lipinski definition) is 5. The Bertz CT molecular complexity index is 1150. The predicted octanol–water partition coefficient (Wildman–Crippen LogP) is 4.60. The van der Waals surface area contributed by atoms with E-state index in [2.05, 4.69) is 5.32 Å². The van der Waals surface area contributed by atoms with E-state index < -0.39 is 23.6 Å². The zero-order valence-electron chi connectivity index (χ0n) is 19.0. The third-order valence-corrected chi connectivity index (χ3v) is 5.02. The number of para-hydroxylation sites is 1. The average Bonchev–Trinajstić information content (AvgIpc) is 2.83. The molecule has 0 aromatic heterocycles. The minimum absolute atomic E-state index is 0.00578. The predicted molar refractivity (Wildman–Crippen MR) is 129 cm³/mol. The second-order valence-corrected chi connectivity index (χ2v) is 8.15. The first-order valence-corrected chi connectivity index (χ1v) is 10.8. The van der Waals surface area contributed by atoms with Crippen molar-refractivity contribution >= 4 is 29.1 Å². The molecule has 0 fully saturated rings. The van der Waals surface area contributed by atoms with Crippen LogP contribution in [0.15, 0.2) is 78.9 Å². The van der Waals surface area contributed by atoms with E-state index in [1.54, 1.807) is 48.5 Å². The van der Waals surface area contributed by atoms with E-state index in [-0.39, 0.29) is 23.7 Å². The van der Waals surface area contributed by atoms with Gasteiger partial charge in [0.05, 0.1) is 11.4 Å². The van der Waals surface area contributed by atoms with Crippen LogP contribution in [0.2, 0.25) is 0 Å². The zero-order chi connectivity index (χ0) is 24.7. The Morgan fingerprint density at radius 3 is 2.15 bits per heavy atom. The first kappa shape index (κ1) is 24.5. The van der Waals surface area contributed by atoms with Crippen LogP contribution in [0.3, 0.4) is 0 Å². The number of carbonyl (C=O) groups excluding carboxylic acids is 3. The maximum absolute atomic E-state index is 12.9. The molecular formula is C26H27N3O5. The summed E-state index contributed by atoms with van der Waals surface area (Å²) >= 11 is 0. The van der Waals surface area contributed by atoms with Crippen LogP contribution in [-0.2, 0) is 9.59 Å². The lowest BCUT2D eigenvalue weighted by Gasteiger charge is -2.24. The van der Waals surface area contributed by atoms with Crippen molar-refractivity contribution in [2.24, 2.45) is 17.6 Å². The molecule has 3 aromatic rings. The Balaban J connectivity index is 1.96. The van der Waals surface area contributed by atoms with Gasteiger partial charge >= 0.3 is 0 Å². The average molecular weight is 462 g/mol. The van der Waals surface area contributed by atoms with Crippen LogP contribution in [0.5, 0.6) is 11.5 Å². The molecular weight excluding hydrogens is 434 g/mol. The van der Waals surface area contributed by atoms with Crippen LogP contribution >= 0.6 is 0 Å². The highest BCUT2D eigenvalue weighted by Gasteiger charge is 2.31. The van der Waals surface area contributed by atoms with Crippen molar-refractivity contribution in [2.45, 2.75) is 20.3 Å². The summed E-state index contributed by atoms with van der Waals surface area (Å²) < 4.78 is 5.83. The van der Waals surface area contributed by atoms with Gasteiger partial charge in [-0.05, 0) is 48.7 Å². The van der Waals surface area contributed by atoms with Crippen LogP contribution in [0, 0.1) is 11.8 Å². The van der Waals surface area contributed by atoms with E-state index in [1.165, 1.54) is 12.1 Å². The first-order chi connectivity index (χ1) is 16.3.